The van der Waals surface area contributed by atoms with Gasteiger partial charge in [0, 0.05) is 23.7 Å². The maximum absolute atomic E-state index is 12.2. The van der Waals surface area contributed by atoms with E-state index in [2.05, 4.69) is 4.90 Å². The van der Waals surface area contributed by atoms with E-state index in [4.69, 9.17) is 16.3 Å². The smallest absolute Gasteiger partial charge is 0.176 e. The topological polar surface area (TPSA) is 29.5 Å². The molecule has 2 aliphatic heterocycles. The minimum Gasteiger partial charge on any atom is -0.372 e. The van der Waals surface area contributed by atoms with Crippen molar-refractivity contribution >= 4 is 17.4 Å². The van der Waals surface area contributed by atoms with Gasteiger partial charge in [-0.2, -0.15) is 0 Å². The Morgan fingerprint density at radius 2 is 2.06 bits per heavy atom. The Morgan fingerprint density at radius 1 is 1.33 bits per heavy atom. The van der Waals surface area contributed by atoms with E-state index in [1.165, 1.54) is 0 Å². The standard InChI is InChI=1S/C14H16ClNO2/c15-11-3-1-2-10(6-11)14(17)9-16-7-12-4-5-13(8-16)18-12/h1-3,6,12-13H,4-5,7-9H2. The molecule has 2 saturated heterocycles. The Labute approximate surface area is 112 Å². The monoisotopic (exact) mass is 265 g/mol. The molecule has 0 aliphatic carbocycles. The number of likely N-dealkylation sites (tertiary alicyclic amines) is 1. The predicted octanol–water partition coefficient (Wildman–Crippen LogP) is 2.39. The van der Waals surface area contributed by atoms with Gasteiger partial charge in [0.25, 0.3) is 0 Å². The van der Waals surface area contributed by atoms with Crippen LogP contribution in [0.1, 0.15) is 23.2 Å². The molecule has 3 rings (SSSR count). The van der Waals surface area contributed by atoms with Crippen LogP contribution in [-0.2, 0) is 4.74 Å². The third kappa shape index (κ3) is 2.58. The minimum atomic E-state index is 0.138. The summed E-state index contributed by atoms with van der Waals surface area (Å²) in [6.45, 7) is 2.22. The number of nitrogens with zero attached hydrogens (tertiary/aromatic N) is 1. The van der Waals surface area contributed by atoms with Gasteiger partial charge in [-0.25, -0.2) is 0 Å². The lowest BCUT2D eigenvalue weighted by atomic mass is 10.1. The van der Waals surface area contributed by atoms with Crippen LogP contribution in [0.15, 0.2) is 24.3 Å². The van der Waals surface area contributed by atoms with E-state index in [0.717, 1.165) is 25.9 Å². The van der Waals surface area contributed by atoms with Crippen molar-refractivity contribution in [1.29, 1.82) is 0 Å². The van der Waals surface area contributed by atoms with Crippen molar-refractivity contribution in [2.24, 2.45) is 0 Å². The quantitative estimate of drug-likeness (QED) is 0.786. The van der Waals surface area contributed by atoms with Gasteiger partial charge in [-0.3, -0.25) is 9.69 Å². The summed E-state index contributed by atoms with van der Waals surface area (Å²) in [5.41, 5.74) is 0.696. The third-order valence-corrected chi connectivity index (χ3v) is 3.87. The fourth-order valence-electron chi connectivity index (χ4n) is 2.78. The van der Waals surface area contributed by atoms with Gasteiger partial charge in [0.2, 0.25) is 0 Å². The van der Waals surface area contributed by atoms with Gasteiger partial charge >= 0.3 is 0 Å². The molecule has 0 saturated carbocycles. The first-order valence-electron chi connectivity index (χ1n) is 6.37. The van der Waals surface area contributed by atoms with E-state index in [1.54, 1.807) is 12.1 Å². The Morgan fingerprint density at radius 3 is 2.72 bits per heavy atom. The van der Waals surface area contributed by atoms with Crippen molar-refractivity contribution in [3.05, 3.63) is 34.9 Å². The minimum absolute atomic E-state index is 0.138. The van der Waals surface area contributed by atoms with Crippen LogP contribution in [0.25, 0.3) is 0 Å². The molecule has 2 aliphatic rings. The van der Waals surface area contributed by atoms with E-state index in [1.807, 2.05) is 12.1 Å². The first kappa shape index (κ1) is 12.2. The highest BCUT2D eigenvalue weighted by Crippen LogP contribution is 2.26. The zero-order chi connectivity index (χ0) is 12.5. The summed E-state index contributed by atoms with van der Waals surface area (Å²) in [7, 11) is 0. The molecule has 0 N–H and O–H groups in total. The van der Waals surface area contributed by atoms with Crippen LogP contribution < -0.4 is 0 Å². The van der Waals surface area contributed by atoms with E-state index in [-0.39, 0.29) is 5.78 Å². The summed E-state index contributed by atoms with van der Waals surface area (Å²) in [5, 5.41) is 0.614. The highest BCUT2D eigenvalue weighted by molar-refractivity contribution is 6.31. The van der Waals surface area contributed by atoms with Gasteiger partial charge in [-0.15, -0.1) is 0 Å². The summed E-state index contributed by atoms with van der Waals surface area (Å²) in [6.07, 6.45) is 2.92. The fraction of sp³-hybridized carbons (Fsp3) is 0.500. The molecule has 0 spiro atoms. The molecule has 2 fully saturated rings. The summed E-state index contributed by atoms with van der Waals surface area (Å²) >= 11 is 5.90. The van der Waals surface area contributed by atoms with Crippen molar-refractivity contribution < 1.29 is 9.53 Å². The van der Waals surface area contributed by atoms with Crippen LogP contribution in [0, 0.1) is 0 Å². The third-order valence-electron chi connectivity index (χ3n) is 3.63. The van der Waals surface area contributed by atoms with E-state index >= 15 is 0 Å². The van der Waals surface area contributed by atoms with E-state index in [0.29, 0.717) is 29.3 Å². The Balaban J connectivity index is 1.64. The van der Waals surface area contributed by atoms with Gasteiger partial charge in [-0.05, 0) is 25.0 Å². The largest absolute Gasteiger partial charge is 0.372 e. The molecule has 0 aromatic heterocycles. The molecule has 4 heteroatoms. The van der Waals surface area contributed by atoms with Crippen LogP contribution >= 0.6 is 11.6 Å². The normalized spacial score (nSPS) is 27.4. The van der Waals surface area contributed by atoms with Crippen molar-refractivity contribution in [3.8, 4) is 0 Å². The second-order valence-corrected chi connectivity index (χ2v) is 5.52. The summed E-state index contributed by atoms with van der Waals surface area (Å²) in [6, 6.07) is 7.16. The number of carbonyl (C=O) groups excluding carboxylic acids is 1. The van der Waals surface area contributed by atoms with Crippen molar-refractivity contribution in [2.45, 2.75) is 25.0 Å². The number of Topliss-reactive ketones (excluding diaryl/α,β-unsaturated/α-hetero) is 1. The number of rotatable bonds is 3. The molecule has 3 nitrogen and oxygen atoms in total. The van der Waals surface area contributed by atoms with Gasteiger partial charge in [0.15, 0.2) is 5.78 Å². The lowest BCUT2D eigenvalue weighted by Crippen LogP contribution is -2.44. The van der Waals surface area contributed by atoms with E-state index in [9.17, 15) is 4.79 Å². The second-order valence-electron chi connectivity index (χ2n) is 5.09. The number of morpholine rings is 1. The molecule has 18 heavy (non-hydrogen) atoms. The Bertz CT molecular complexity index is 451. The highest BCUT2D eigenvalue weighted by atomic mass is 35.5. The molecule has 2 heterocycles. The maximum Gasteiger partial charge on any atom is 0.176 e. The highest BCUT2D eigenvalue weighted by Gasteiger charge is 2.34. The lowest BCUT2D eigenvalue weighted by molar-refractivity contribution is -0.0355. The number of fused-ring (bicyclic) bond motifs is 2. The van der Waals surface area contributed by atoms with Gasteiger partial charge in [-0.1, -0.05) is 23.7 Å². The van der Waals surface area contributed by atoms with Crippen molar-refractivity contribution in [3.63, 3.8) is 0 Å². The molecule has 2 atom stereocenters. The zero-order valence-corrected chi connectivity index (χ0v) is 10.9. The molecule has 1 aromatic rings. The molecule has 0 amide bonds. The number of hydrogen-bond acceptors (Lipinski definition) is 3. The molecule has 96 valence electrons. The number of ketones is 1. The molecule has 0 radical (unpaired) electrons. The molecule has 2 bridgehead atoms. The second kappa shape index (κ2) is 5.00. The predicted molar refractivity (Wildman–Crippen MR) is 70.1 cm³/mol. The van der Waals surface area contributed by atoms with Crippen LogP contribution in [0.2, 0.25) is 5.02 Å². The summed E-state index contributed by atoms with van der Waals surface area (Å²) in [5.74, 6) is 0.138. The maximum atomic E-state index is 12.2. The van der Waals surface area contributed by atoms with Crippen LogP contribution in [0.4, 0.5) is 0 Å². The van der Waals surface area contributed by atoms with Gasteiger partial charge in [0.1, 0.15) is 0 Å². The number of benzene rings is 1. The molecule has 1 aromatic carbocycles. The SMILES string of the molecule is O=C(CN1CC2CCC(C1)O2)c1cccc(Cl)c1. The average Bonchev–Trinajstić information content (AvgIpc) is 2.69. The van der Waals surface area contributed by atoms with Gasteiger partial charge < -0.3 is 4.74 Å². The summed E-state index contributed by atoms with van der Waals surface area (Å²) in [4.78, 5) is 14.4. The van der Waals surface area contributed by atoms with E-state index < -0.39 is 0 Å². The Kier molecular flexibility index (Phi) is 3.37. The lowest BCUT2D eigenvalue weighted by Gasteiger charge is -2.31. The number of ether oxygens (including phenoxy) is 1. The number of carbonyl (C=O) groups is 1. The Hall–Kier alpha value is -0.900. The summed E-state index contributed by atoms with van der Waals surface area (Å²) < 4.78 is 5.76. The molecular weight excluding hydrogens is 250 g/mol. The van der Waals surface area contributed by atoms with Crippen molar-refractivity contribution in [2.75, 3.05) is 19.6 Å². The average molecular weight is 266 g/mol. The molecular formula is C14H16ClNO2. The van der Waals surface area contributed by atoms with Crippen LogP contribution in [0.3, 0.4) is 0 Å². The van der Waals surface area contributed by atoms with Crippen LogP contribution in [0.5, 0.6) is 0 Å². The number of halogens is 1. The first-order chi connectivity index (χ1) is 8.70. The number of hydrogen-bond donors (Lipinski definition) is 0. The first-order valence-corrected chi connectivity index (χ1v) is 6.75. The fourth-order valence-corrected chi connectivity index (χ4v) is 2.97. The van der Waals surface area contributed by atoms with Gasteiger partial charge in [0.05, 0.1) is 18.8 Å². The van der Waals surface area contributed by atoms with Crippen molar-refractivity contribution in [1.82, 2.24) is 4.90 Å². The zero-order valence-electron chi connectivity index (χ0n) is 10.1. The molecule has 2 unspecified atom stereocenters. The van der Waals surface area contributed by atoms with Crippen LogP contribution in [-0.4, -0.2) is 42.5 Å².